The third kappa shape index (κ3) is 0.913. The van der Waals surface area contributed by atoms with Crippen molar-refractivity contribution in [3.05, 3.63) is 12.2 Å². The van der Waals surface area contributed by atoms with E-state index in [2.05, 4.69) is 12.2 Å². The molecule has 0 amide bonds. The van der Waals surface area contributed by atoms with Crippen LogP contribution in [-0.2, 0) is 4.74 Å². The van der Waals surface area contributed by atoms with Gasteiger partial charge in [-0.1, -0.05) is 12.2 Å². The SMILES string of the molecule is OC1C(O)C2CC1C1C3OC(C4C5C=CC(C5)C34)C21. The minimum Gasteiger partial charge on any atom is -0.390 e. The van der Waals surface area contributed by atoms with E-state index in [9.17, 15) is 10.2 Å². The zero-order valence-electron chi connectivity index (χ0n) is 10.8. The number of rotatable bonds is 0. The molecule has 6 aliphatic rings. The summed E-state index contributed by atoms with van der Waals surface area (Å²) in [5, 5.41) is 20.4. The van der Waals surface area contributed by atoms with Gasteiger partial charge < -0.3 is 14.9 Å². The molecular weight excluding hydrogens is 240 g/mol. The van der Waals surface area contributed by atoms with Crippen LogP contribution in [0, 0.1) is 47.3 Å². The first-order valence-corrected chi connectivity index (χ1v) is 7.95. The van der Waals surface area contributed by atoms with Crippen LogP contribution in [0.3, 0.4) is 0 Å². The molecule has 0 aromatic rings. The molecule has 0 spiro atoms. The molecular formula is C16H20O3. The standard InChI is InChI=1S/C16H20O3/c17-13-7-4-8(14(13)18)12-11(7)15-9-5-1-2-6(3-5)10(9)16(12)19-15/h1-2,5-18H,3-4H2. The largest absolute Gasteiger partial charge is 0.390 e. The van der Waals surface area contributed by atoms with Crippen molar-refractivity contribution in [2.45, 2.75) is 37.3 Å². The summed E-state index contributed by atoms with van der Waals surface area (Å²) in [6.45, 7) is 0. The molecule has 102 valence electrons. The molecule has 2 saturated heterocycles. The molecule has 2 heterocycles. The van der Waals surface area contributed by atoms with E-state index in [4.69, 9.17) is 4.74 Å². The van der Waals surface area contributed by atoms with Crippen LogP contribution < -0.4 is 0 Å². The number of hydrogen-bond acceptors (Lipinski definition) is 3. The van der Waals surface area contributed by atoms with Crippen LogP contribution in [0.15, 0.2) is 12.2 Å². The second kappa shape index (κ2) is 2.95. The van der Waals surface area contributed by atoms with E-state index < -0.39 is 12.2 Å². The van der Waals surface area contributed by atoms with E-state index in [1.165, 1.54) is 6.42 Å². The number of aliphatic hydroxyl groups is 2. The maximum absolute atomic E-state index is 10.2. The molecule has 3 nitrogen and oxygen atoms in total. The summed E-state index contributed by atoms with van der Waals surface area (Å²) < 4.78 is 6.40. The average Bonchev–Trinajstić information content (AvgIpc) is 3.15. The maximum Gasteiger partial charge on any atom is 0.0833 e. The van der Waals surface area contributed by atoms with Crippen LogP contribution in [0.4, 0.5) is 0 Å². The van der Waals surface area contributed by atoms with Gasteiger partial charge in [0.05, 0.1) is 24.4 Å². The van der Waals surface area contributed by atoms with Crippen LogP contribution >= 0.6 is 0 Å². The second-order valence-corrected chi connectivity index (χ2v) is 7.87. The lowest BCUT2D eigenvalue weighted by Gasteiger charge is -2.43. The number of fused-ring (bicyclic) bond motifs is 16. The van der Waals surface area contributed by atoms with Crippen molar-refractivity contribution in [2.24, 2.45) is 47.3 Å². The first-order valence-electron chi connectivity index (χ1n) is 7.95. The predicted octanol–water partition coefficient (Wildman–Crippen LogP) is 0.810. The summed E-state index contributed by atoms with van der Waals surface area (Å²) in [7, 11) is 0. The summed E-state index contributed by atoms with van der Waals surface area (Å²) in [6, 6.07) is 0. The molecule has 19 heavy (non-hydrogen) atoms. The lowest BCUT2D eigenvalue weighted by Crippen LogP contribution is -2.51. The van der Waals surface area contributed by atoms with Gasteiger partial charge in [0.25, 0.3) is 0 Å². The van der Waals surface area contributed by atoms with Gasteiger partial charge in [-0.25, -0.2) is 0 Å². The van der Waals surface area contributed by atoms with Crippen molar-refractivity contribution in [1.82, 2.24) is 0 Å². The van der Waals surface area contributed by atoms with Crippen molar-refractivity contribution >= 4 is 0 Å². The van der Waals surface area contributed by atoms with Gasteiger partial charge in [0.15, 0.2) is 0 Å². The Balaban J connectivity index is 1.45. The summed E-state index contributed by atoms with van der Waals surface area (Å²) in [5.41, 5.74) is 0. The van der Waals surface area contributed by atoms with Gasteiger partial charge in [-0.2, -0.15) is 0 Å². The van der Waals surface area contributed by atoms with Crippen molar-refractivity contribution in [3.8, 4) is 0 Å². The molecule has 12 unspecified atom stereocenters. The topological polar surface area (TPSA) is 49.7 Å². The molecule has 2 aliphatic heterocycles. The normalized spacial score (nSPS) is 74.0. The molecule has 0 aromatic heterocycles. The van der Waals surface area contributed by atoms with E-state index in [-0.39, 0.29) is 0 Å². The Hall–Kier alpha value is -0.380. The Bertz CT molecular complexity index is 448. The van der Waals surface area contributed by atoms with Gasteiger partial charge in [-0.05, 0) is 60.2 Å². The quantitative estimate of drug-likeness (QED) is 0.634. The monoisotopic (exact) mass is 260 g/mol. The molecule has 2 N–H and O–H groups in total. The highest BCUT2D eigenvalue weighted by Crippen LogP contribution is 2.70. The third-order valence-electron chi connectivity index (χ3n) is 7.62. The zero-order valence-corrected chi connectivity index (χ0v) is 10.8. The van der Waals surface area contributed by atoms with Crippen LogP contribution in [0.2, 0.25) is 0 Å². The van der Waals surface area contributed by atoms with Gasteiger partial charge in [0.1, 0.15) is 0 Å². The highest BCUT2D eigenvalue weighted by atomic mass is 16.5. The molecule has 12 atom stereocenters. The number of ether oxygens (including phenoxy) is 1. The molecule has 3 saturated carbocycles. The van der Waals surface area contributed by atoms with Gasteiger partial charge in [0.2, 0.25) is 0 Å². The molecule has 3 heteroatoms. The van der Waals surface area contributed by atoms with Crippen LogP contribution in [-0.4, -0.2) is 34.6 Å². The Morgan fingerprint density at radius 3 is 1.79 bits per heavy atom. The first-order chi connectivity index (χ1) is 9.25. The van der Waals surface area contributed by atoms with E-state index in [1.807, 2.05) is 0 Å². The maximum atomic E-state index is 10.2. The fourth-order valence-corrected chi connectivity index (χ4v) is 7.25. The van der Waals surface area contributed by atoms with Crippen LogP contribution in [0.1, 0.15) is 12.8 Å². The fourth-order valence-electron chi connectivity index (χ4n) is 7.25. The first kappa shape index (κ1) is 10.4. The van der Waals surface area contributed by atoms with E-state index in [0.717, 1.165) is 30.1 Å². The molecule has 4 aliphatic carbocycles. The van der Waals surface area contributed by atoms with E-state index >= 15 is 0 Å². The van der Waals surface area contributed by atoms with Gasteiger partial charge in [-0.15, -0.1) is 0 Å². The number of aliphatic hydroxyl groups excluding tert-OH is 2. The van der Waals surface area contributed by atoms with E-state index in [1.54, 1.807) is 0 Å². The zero-order chi connectivity index (χ0) is 12.5. The molecule has 0 radical (unpaired) electrons. The highest BCUT2D eigenvalue weighted by Gasteiger charge is 2.74. The smallest absolute Gasteiger partial charge is 0.0833 e. The fraction of sp³-hybridized carbons (Fsp3) is 0.875. The van der Waals surface area contributed by atoms with Crippen molar-refractivity contribution in [1.29, 1.82) is 0 Å². The summed E-state index contributed by atoms with van der Waals surface area (Å²) in [5.74, 6) is 4.65. The molecule has 6 rings (SSSR count). The summed E-state index contributed by atoms with van der Waals surface area (Å²) in [6.07, 6.45) is 7.02. The Morgan fingerprint density at radius 1 is 0.737 bits per heavy atom. The Morgan fingerprint density at radius 2 is 1.26 bits per heavy atom. The minimum atomic E-state index is -0.484. The number of allylic oxidation sites excluding steroid dienone is 2. The lowest BCUT2D eigenvalue weighted by molar-refractivity contribution is -0.0697. The lowest BCUT2D eigenvalue weighted by atomic mass is 9.60. The third-order valence-corrected chi connectivity index (χ3v) is 7.62. The number of hydrogen-bond donors (Lipinski definition) is 2. The average molecular weight is 260 g/mol. The van der Waals surface area contributed by atoms with Gasteiger partial charge in [0, 0.05) is 0 Å². The Labute approximate surface area is 112 Å². The van der Waals surface area contributed by atoms with Gasteiger partial charge in [-0.3, -0.25) is 0 Å². The minimum absolute atomic E-state index is 0.309. The van der Waals surface area contributed by atoms with E-state index in [0.29, 0.717) is 35.9 Å². The van der Waals surface area contributed by atoms with Crippen LogP contribution in [0.5, 0.6) is 0 Å². The second-order valence-electron chi connectivity index (χ2n) is 7.87. The highest BCUT2D eigenvalue weighted by molar-refractivity contribution is 5.26. The van der Waals surface area contributed by atoms with Gasteiger partial charge >= 0.3 is 0 Å². The van der Waals surface area contributed by atoms with Crippen LogP contribution in [0.25, 0.3) is 0 Å². The van der Waals surface area contributed by atoms with Crippen molar-refractivity contribution in [3.63, 3.8) is 0 Å². The predicted molar refractivity (Wildman–Crippen MR) is 67.0 cm³/mol. The molecule has 5 fully saturated rings. The van der Waals surface area contributed by atoms with Crippen molar-refractivity contribution in [2.75, 3.05) is 0 Å². The summed E-state index contributed by atoms with van der Waals surface area (Å²) in [4.78, 5) is 0. The Kier molecular flexibility index (Phi) is 1.61. The van der Waals surface area contributed by atoms with Crippen molar-refractivity contribution < 1.29 is 14.9 Å². The molecule has 0 aromatic carbocycles. The molecule has 6 bridgehead atoms. The summed E-state index contributed by atoms with van der Waals surface area (Å²) >= 11 is 0.